The molecule has 6 heteroatoms. The number of amides is 1. The minimum atomic E-state index is -0.134. The van der Waals surface area contributed by atoms with Gasteiger partial charge in [-0.3, -0.25) is 4.79 Å². The lowest BCUT2D eigenvalue weighted by Crippen LogP contribution is -2.30. The van der Waals surface area contributed by atoms with Gasteiger partial charge in [0.15, 0.2) is 5.76 Å². The monoisotopic (exact) mass is 356 g/mol. The highest BCUT2D eigenvalue weighted by molar-refractivity contribution is 7.13. The summed E-state index contributed by atoms with van der Waals surface area (Å²) in [6, 6.07) is 15.9. The van der Waals surface area contributed by atoms with Crippen LogP contribution in [0.4, 0.5) is 0 Å². The quantitative estimate of drug-likeness (QED) is 0.666. The van der Waals surface area contributed by atoms with E-state index in [-0.39, 0.29) is 25.0 Å². The van der Waals surface area contributed by atoms with Gasteiger partial charge in [0.1, 0.15) is 12.3 Å². The van der Waals surface area contributed by atoms with Gasteiger partial charge in [-0.15, -0.1) is 11.3 Å². The van der Waals surface area contributed by atoms with Crippen LogP contribution >= 0.6 is 11.3 Å². The van der Waals surface area contributed by atoms with Gasteiger partial charge in [-0.25, -0.2) is 0 Å². The first kappa shape index (κ1) is 17.4. The van der Waals surface area contributed by atoms with E-state index in [9.17, 15) is 4.79 Å². The number of nitrogens with one attached hydrogen (secondary N) is 1. The summed E-state index contributed by atoms with van der Waals surface area (Å²) in [5.74, 6) is 0.841. The second-order valence-electron chi connectivity index (χ2n) is 5.77. The summed E-state index contributed by atoms with van der Waals surface area (Å²) in [6.07, 6.45) is 0. The van der Waals surface area contributed by atoms with Gasteiger partial charge in [-0.05, 0) is 22.9 Å². The van der Waals surface area contributed by atoms with Crippen molar-refractivity contribution >= 4 is 17.2 Å². The first-order valence-corrected chi connectivity index (χ1v) is 8.99. The molecule has 1 unspecified atom stereocenters. The molecule has 130 valence electrons. The highest BCUT2D eigenvalue weighted by Gasteiger charge is 2.10. The van der Waals surface area contributed by atoms with Crippen molar-refractivity contribution in [1.82, 2.24) is 10.5 Å². The van der Waals surface area contributed by atoms with Crippen LogP contribution in [0.2, 0.25) is 0 Å². The minimum Gasteiger partial charge on any atom is -0.365 e. The first-order valence-electron chi connectivity index (χ1n) is 8.11. The molecule has 1 amide bonds. The Bertz CT molecular complexity index is 784. The van der Waals surface area contributed by atoms with E-state index in [1.165, 1.54) is 5.56 Å². The molecule has 2 heterocycles. The Morgan fingerprint density at radius 3 is 2.88 bits per heavy atom. The van der Waals surface area contributed by atoms with Crippen LogP contribution in [0.15, 0.2) is 58.4 Å². The Morgan fingerprint density at radius 2 is 2.12 bits per heavy atom. The number of thiophene rings is 1. The molecule has 25 heavy (non-hydrogen) atoms. The third-order valence-corrected chi connectivity index (χ3v) is 4.66. The molecule has 1 aromatic carbocycles. The summed E-state index contributed by atoms with van der Waals surface area (Å²) in [5.41, 5.74) is 1.88. The summed E-state index contributed by atoms with van der Waals surface area (Å²) in [5, 5.41) is 8.83. The molecule has 0 bridgehead atoms. The van der Waals surface area contributed by atoms with Crippen molar-refractivity contribution in [3.63, 3.8) is 0 Å². The molecule has 3 rings (SSSR count). The maximum Gasteiger partial charge on any atom is 0.246 e. The predicted octanol–water partition coefficient (Wildman–Crippen LogP) is 3.84. The number of benzene rings is 1. The number of carbonyl (C=O) groups is 1. The van der Waals surface area contributed by atoms with E-state index in [0.717, 1.165) is 10.6 Å². The van der Waals surface area contributed by atoms with E-state index >= 15 is 0 Å². The molecule has 0 radical (unpaired) electrons. The van der Waals surface area contributed by atoms with E-state index in [1.54, 1.807) is 11.3 Å². The number of hydrogen-bond donors (Lipinski definition) is 1. The molecule has 0 aliphatic rings. The maximum atomic E-state index is 11.9. The molecular weight excluding hydrogens is 336 g/mol. The molecule has 0 aliphatic carbocycles. The van der Waals surface area contributed by atoms with Gasteiger partial charge >= 0.3 is 0 Å². The zero-order valence-corrected chi connectivity index (χ0v) is 14.8. The van der Waals surface area contributed by atoms with Crippen LogP contribution in [0.25, 0.3) is 10.6 Å². The van der Waals surface area contributed by atoms with Crippen molar-refractivity contribution in [3.05, 3.63) is 65.2 Å². The van der Waals surface area contributed by atoms with Gasteiger partial charge in [0, 0.05) is 12.6 Å². The van der Waals surface area contributed by atoms with Gasteiger partial charge in [-0.1, -0.05) is 48.5 Å². The fraction of sp³-hybridized carbons (Fsp3) is 0.263. The minimum absolute atomic E-state index is 0.00268. The van der Waals surface area contributed by atoms with Crippen LogP contribution in [-0.2, 0) is 16.1 Å². The number of carbonyl (C=O) groups excluding carboxylic acids is 1. The smallest absolute Gasteiger partial charge is 0.246 e. The molecule has 2 aromatic heterocycles. The van der Waals surface area contributed by atoms with Crippen molar-refractivity contribution in [2.45, 2.75) is 19.4 Å². The molecule has 0 saturated heterocycles. The second kappa shape index (κ2) is 8.60. The number of nitrogens with zero attached hydrogens (tertiary/aromatic N) is 1. The SMILES string of the molecule is CC(CNC(=O)COCc1cc(-c2cccs2)on1)c1ccccc1. The molecule has 0 saturated carbocycles. The van der Waals surface area contributed by atoms with Crippen LogP contribution in [0, 0.1) is 0 Å². The third kappa shape index (κ3) is 5.01. The van der Waals surface area contributed by atoms with Crippen LogP contribution in [0.3, 0.4) is 0 Å². The van der Waals surface area contributed by atoms with Crippen molar-refractivity contribution in [2.75, 3.05) is 13.2 Å². The van der Waals surface area contributed by atoms with E-state index < -0.39 is 0 Å². The van der Waals surface area contributed by atoms with E-state index in [1.807, 2.05) is 41.8 Å². The summed E-state index contributed by atoms with van der Waals surface area (Å²) >= 11 is 1.59. The van der Waals surface area contributed by atoms with Crippen LogP contribution in [-0.4, -0.2) is 24.2 Å². The zero-order chi connectivity index (χ0) is 17.5. The van der Waals surface area contributed by atoms with E-state index in [2.05, 4.69) is 29.5 Å². The zero-order valence-electron chi connectivity index (χ0n) is 14.0. The van der Waals surface area contributed by atoms with Crippen molar-refractivity contribution in [2.24, 2.45) is 0 Å². The number of aromatic nitrogens is 1. The average Bonchev–Trinajstić information content (AvgIpc) is 3.32. The van der Waals surface area contributed by atoms with Gasteiger partial charge in [0.25, 0.3) is 0 Å². The van der Waals surface area contributed by atoms with Crippen LogP contribution < -0.4 is 5.32 Å². The lowest BCUT2D eigenvalue weighted by atomic mass is 10.0. The van der Waals surface area contributed by atoms with Crippen molar-refractivity contribution < 1.29 is 14.1 Å². The average molecular weight is 356 g/mol. The van der Waals surface area contributed by atoms with Crippen LogP contribution in [0.1, 0.15) is 24.1 Å². The Morgan fingerprint density at radius 1 is 1.28 bits per heavy atom. The van der Waals surface area contributed by atoms with E-state index in [4.69, 9.17) is 9.26 Å². The molecule has 1 N–H and O–H groups in total. The van der Waals surface area contributed by atoms with Gasteiger partial charge < -0.3 is 14.6 Å². The summed E-state index contributed by atoms with van der Waals surface area (Å²) in [4.78, 5) is 12.9. The Balaban J connectivity index is 1.38. The Hall–Kier alpha value is -2.44. The molecule has 0 spiro atoms. The number of hydrogen-bond acceptors (Lipinski definition) is 5. The number of ether oxygens (including phenoxy) is 1. The van der Waals surface area contributed by atoms with Crippen molar-refractivity contribution in [3.8, 4) is 10.6 Å². The van der Waals surface area contributed by atoms with Gasteiger partial charge in [-0.2, -0.15) is 0 Å². The summed E-state index contributed by atoms with van der Waals surface area (Å²) < 4.78 is 10.7. The lowest BCUT2D eigenvalue weighted by molar-refractivity contribution is -0.126. The Kier molecular flexibility index (Phi) is 5.98. The molecular formula is C19H20N2O3S. The predicted molar refractivity (Wildman–Crippen MR) is 97.3 cm³/mol. The highest BCUT2D eigenvalue weighted by Crippen LogP contribution is 2.25. The van der Waals surface area contributed by atoms with Gasteiger partial charge in [0.05, 0.1) is 11.5 Å². The molecule has 0 aliphatic heterocycles. The van der Waals surface area contributed by atoms with Crippen LogP contribution in [0.5, 0.6) is 0 Å². The fourth-order valence-electron chi connectivity index (χ4n) is 2.38. The largest absolute Gasteiger partial charge is 0.365 e. The molecule has 1 atom stereocenters. The highest BCUT2D eigenvalue weighted by atomic mass is 32.1. The standard InChI is InChI=1S/C19H20N2O3S/c1-14(15-6-3-2-4-7-15)11-20-19(22)13-23-12-16-10-17(24-21-16)18-8-5-9-25-18/h2-10,14H,11-13H2,1H3,(H,20,22). The fourth-order valence-corrected chi connectivity index (χ4v) is 3.05. The topological polar surface area (TPSA) is 64.4 Å². The Labute approximate surface area is 150 Å². The second-order valence-corrected chi connectivity index (χ2v) is 6.72. The number of rotatable bonds is 8. The normalized spacial score (nSPS) is 12.0. The summed E-state index contributed by atoms with van der Waals surface area (Å²) in [7, 11) is 0. The van der Waals surface area contributed by atoms with Gasteiger partial charge in [0.2, 0.25) is 5.91 Å². The summed E-state index contributed by atoms with van der Waals surface area (Å²) in [6.45, 7) is 2.91. The lowest BCUT2D eigenvalue weighted by Gasteiger charge is -2.13. The third-order valence-electron chi connectivity index (χ3n) is 3.78. The molecule has 0 fully saturated rings. The molecule has 5 nitrogen and oxygen atoms in total. The first-order chi connectivity index (χ1) is 12.2. The van der Waals surface area contributed by atoms with Crippen molar-refractivity contribution in [1.29, 1.82) is 0 Å². The molecule has 3 aromatic rings. The maximum absolute atomic E-state index is 11.9. The van der Waals surface area contributed by atoms with E-state index in [0.29, 0.717) is 12.2 Å².